The summed E-state index contributed by atoms with van der Waals surface area (Å²) in [4.78, 5) is 0. The summed E-state index contributed by atoms with van der Waals surface area (Å²) in [5.41, 5.74) is 2.49. The van der Waals surface area contributed by atoms with E-state index in [-0.39, 0.29) is 0 Å². The Kier molecular flexibility index (Phi) is 4.53. The molecule has 0 amide bonds. The molecule has 7 aromatic rings. The Hall–Kier alpha value is -4.62. The van der Waals surface area contributed by atoms with Gasteiger partial charge in [0.25, 0.3) is 0 Å². The second-order valence-corrected chi connectivity index (χ2v) is 8.93. The maximum absolute atomic E-state index is 6.69. The van der Waals surface area contributed by atoms with Gasteiger partial charge in [0.15, 0.2) is 0 Å². The standard InChI is InChI=1S/C34H22O/c1-2-12-25-22-26(21-20-23(25)10-1)35-34-31-17-7-5-15-29(31)33(30-16-6-8-18-32(30)34)28-19-9-13-24-11-3-4-14-27(24)28/h1-22H. The second kappa shape index (κ2) is 8.00. The highest BCUT2D eigenvalue weighted by Crippen LogP contribution is 2.46. The van der Waals surface area contributed by atoms with E-state index in [4.69, 9.17) is 4.74 Å². The van der Waals surface area contributed by atoms with E-state index >= 15 is 0 Å². The van der Waals surface area contributed by atoms with Crippen LogP contribution in [0.25, 0.3) is 54.2 Å². The van der Waals surface area contributed by atoms with Crippen molar-refractivity contribution in [3.8, 4) is 22.6 Å². The van der Waals surface area contributed by atoms with Gasteiger partial charge in [-0.1, -0.05) is 121 Å². The molecule has 0 N–H and O–H groups in total. The molecule has 0 saturated carbocycles. The predicted octanol–water partition coefficient (Wildman–Crippen LogP) is 9.76. The van der Waals surface area contributed by atoms with E-state index in [1.807, 2.05) is 0 Å². The molecule has 0 unspecified atom stereocenters. The highest BCUT2D eigenvalue weighted by molar-refractivity contribution is 6.20. The lowest BCUT2D eigenvalue weighted by atomic mass is 9.89. The van der Waals surface area contributed by atoms with Crippen LogP contribution >= 0.6 is 0 Å². The van der Waals surface area contributed by atoms with Crippen LogP contribution in [0.2, 0.25) is 0 Å². The summed E-state index contributed by atoms with van der Waals surface area (Å²) < 4.78 is 6.69. The molecule has 0 radical (unpaired) electrons. The number of ether oxygens (including phenoxy) is 1. The average Bonchev–Trinajstić information content (AvgIpc) is 2.93. The third-order valence-electron chi connectivity index (χ3n) is 6.88. The molecule has 0 atom stereocenters. The SMILES string of the molecule is c1ccc2cc(Oc3c4ccccc4c(-c4cccc5ccccc45)c4ccccc34)ccc2c1. The van der Waals surface area contributed by atoms with Gasteiger partial charge in [0, 0.05) is 10.8 Å². The van der Waals surface area contributed by atoms with E-state index < -0.39 is 0 Å². The Bertz CT molecular complexity index is 1820. The van der Waals surface area contributed by atoms with Crippen molar-refractivity contribution in [1.82, 2.24) is 0 Å². The largest absolute Gasteiger partial charge is 0.456 e. The van der Waals surface area contributed by atoms with Crippen LogP contribution in [0, 0.1) is 0 Å². The van der Waals surface area contributed by atoms with Crippen LogP contribution in [0.15, 0.2) is 133 Å². The average molecular weight is 447 g/mol. The van der Waals surface area contributed by atoms with Gasteiger partial charge in [-0.05, 0) is 55.6 Å². The first-order chi connectivity index (χ1) is 17.4. The monoisotopic (exact) mass is 446 g/mol. The third kappa shape index (κ3) is 3.25. The summed E-state index contributed by atoms with van der Waals surface area (Å²) in [6.45, 7) is 0. The second-order valence-electron chi connectivity index (χ2n) is 8.93. The van der Waals surface area contributed by atoms with Gasteiger partial charge in [0.2, 0.25) is 0 Å². The van der Waals surface area contributed by atoms with E-state index in [1.165, 1.54) is 43.4 Å². The lowest BCUT2D eigenvalue weighted by molar-refractivity contribution is 0.494. The highest BCUT2D eigenvalue weighted by atomic mass is 16.5. The fourth-order valence-corrected chi connectivity index (χ4v) is 5.28. The fourth-order valence-electron chi connectivity index (χ4n) is 5.28. The van der Waals surface area contributed by atoms with Crippen molar-refractivity contribution >= 4 is 43.1 Å². The van der Waals surface area contributed by atoms with Crippen LogP contribution in [0.3, 0.4) is 0 Å². The zero-order valence-corrected chi connectivity index (χ0v) is 19.1. The zero-order chi connectivity index (χ0) is 23.2. The minimum Gasteiger partial charge on any atom is -0.456 e. The first-order valence-corrected chi connectivity index (χ1v) is 11.9. The minimum atomic E-state index is 0.844. The maximum Gasteiger partial charge on any atom is 0.143 e. The molecule has 35 heavy (non-hydrogen) atoms. The summed E-state index contributed by atoms with van der Waals surface area (Å²) >= 11 is 0. The quantitative estimate of drug-likeness (QED) is 0.245. The van der Waals surface area contributed by atoms with E-state index in [2.05, 4.69) is 133 Å². The summed E-state index contributed by atoms with van der Waals surface area (Å²) in [5.74, 6) is 1.74. The van der Waals surface area contributed by atoms with Crippen LogP contribution in [-0.4, -0.2) is 0 Å². The fraction of sp³-hybridized carbons (Fsp3) is 0. The van der Waals surface area contributed by atoms with Crippen molar-refractivity contribution in [2.75, 3.05) is 0 Å². The molecule has 7 rings (SSSR count). The molecular formula is C34H22O. The van der Waals surface area contributed by atoms with Crippen LogP contribution in [-0.2, 0) is 0 Å². The molecule has 1 heteroatoms. The molecule has 0 heterocycles. The van der Waals surface area contributed by atoms with Crippen LogP contribution in [0.5, 0.6) is 11.5 Å². The molecule has 0 aliphatic heterocycles. The molecule has 0 aliphatic carbocycles. The smallest absolute Gasteiger partial charge is 0.143 e. The van der Waals surface area contributed by atoms with Crippen molar-refractivity contribution < 1.29 is 4.74 Å². The number of rotatable bonds is 3. The molecule has 0 saturated heterocycles. The highest BCUT2D eigenvalue weighted by Gasteiger charge is 2.18. The molecule has 164 valence electrons. The number of benzene rings is 7. The van der Waals surface area contributed by atoms with Gasteiger partial charge in [0.05, 0.1) is 0 Å². The van der Waals surface area contributed by atoms with Crippen LogP contribution < -0.4 is 4.74 Å². The normalized spacial score (nSPS) is 11.4. The van der Waals surface area contributed by atoms with E-state index in [0.29, 0.717) is 0 Å². The summed E-state index contributed by atoms with van der Waals surface area (Å²) in [6, 6.07) is 47.1. The Morgan fingerprint density at radius 2 is 0.914 bits per heavy atom. The molecule has 7 aromatic carbocycles. The van der Waals surface area contributed by atoms with Crippen molar-refractivity contribution in [3.63, 3.8) is 0 Å². The summed E-state index contributed by atoms with van der Waals surface area (Å²) in [5, 5.41) is 9.50. The first-order valence-electron chi connectivity index (χ1n) is 11.9. The third-order valence-corrected chi connectivity index (χ3v) is 6.88. The van der Waals surface area contributed by atoms with Gasteiger partial charge >= 0.3 is 0 Å². The van der Waals surface area contributed by atoms with E-state index in [0.717, 1.165) is 22.3 Å². The maximum atomic E-state index is 6.69. The van der Waals surface area contributed by atoms with Crippen molar-refractivity contribution in [2.24, 2.45) is 0 Å². The molecule has 0 bridgehead atoms. The van der Waals surface area contributed by atoms with Gasteiger partial charge in [-0.15, -0.1) is 0 Å². The Morgan fingerprint density at radius 1 is 0.371 bits per heavy atom. The van der Waals surface area contributed by atoms with Gasteiger partial charge < -0.3 is 4.74 Å². The summed E-state index contributed by atoms with van der Waals surface area (Å²) in [7, 11) is 0. The number of hydrogen-bond acceptors (Lipinski definition) is 1. The van der Waals surface area contributed by atoms with Gasteiger partial charge in [0.1, 0.15) is 11.5 Å². The first kappa shape index (κ1) is 19.8. The van der Waals surface area contributed by atoms with Crippen LogP contribution in [0.4, 0.5) is 0 Å². The minimum absolute atomic E-state index is 0.844. The van der Waals surface area contributed by atoms with Gasteiger partial charge in [-0.2, -0.15) is 0 Å². The Balaban J connectivity index is 1.54. The van der Waals surface area contributed by atoms with Crippen molar-refractivity contribution in [3.05, 3.63) is 133 Å². The number of hydrogen-bond donors (Lipinski definition) is 0. The molecular weight excluding hydrogens is 424 g/mol. The topological polar surface area (TPSA) is 9.23 Å². The molecule has 0 aromatic heterocycles. The van der Waals surface area contributed by atoms with Crippen LogP contribution in [0.1, 0.15) is 0 Å². The van der Waals surface area contributed by atoms with Gasteiger partial charge in [-0.25, -0.2) is 0 Å². The zero-order valence-electron chi connectivity index (χ0n) is 19.1. The summed E-state index contributed by atoms with van der Waals surface area (Å²) in [6.07, 6.45) is 0. The van der Waals surface area contributed by atoms with Crippen molar-refractivity contribution in [2.45, 2.75) is 0 Å². The Labute approximate surface area is 203 Å². The molecule has 0 spiro atoms. The molecule has 0 fully saturated rings. The van der Waals surface area contributed by atoms with E-state index in [9.17, 15) is 0 Å². The molecule has 1 nitrogen and oxygen atoms in total. The molecule has 0 aliphatic rings. The lowest BCUT2D eigenvalue weighted by Crippen LogP contribution is -1.92. The predicted molar refractivity (Wildman–Crippen MR) is 148 cm³/mol. The number of fused-ring (bicyclic) bond motifs is 4. The van der Waals surface area contributed by atoms with Crippen molar-refractivity contribution in [1.29, 1.82) is 0 Å². The lowest BCUT2D eigenvalue weighted by Gasteiger charge is -2.18. The Morgan fingerprint density at radius 3 is 1.63 bits per heavy atom. The van der Waals surface area contributed by atoms with E-state index in [1.54, 1.807) is 0 Å². The van der Waals surface area contributed by atoms with Gasteiger partial charge in [-0.3, -0.25) is 0 Å².